The Balaban J connectivity index is 3.48. The lowest BCUT2D eigenvalue weighted by Gasteiger charge is -2.37. The minimum absolute atomic E-state index is 0.150. The van der Waals surface area contributed by atoms with Gasteiger partial charge < -0.3 is 20.3 Å². The summed E-state index contributed by atoms with van der Waals surface area (Å²) in [6.07, 6.45) is 0.695. The van der Waals surface area contributed by atoms with E-state index in [0.717, 1.165) is 11.1 Å². The number of carbonyl (C=O) groups is 3. The second-order valence-electron chi connectivity index (χ2n) is 11.1. The van der Waals surface area contributed by atoms with Crippen LogP contribution in [0.3, 0.4) is 0 Å². The molecular formula is C27H45N3O4. The van der Waals surface area contributed by atoms with Gasteiger partial charge in [0.25, 0.3) is 0 Å². The van der Waals surface area contributed by atoms with Gasteiger partial charge in [-0.1, -0.05) is 57.0 Å². The molecule has 0 aliphatic heterocycles. The average molecular weight is 476 g/mol. The van der Waals surface area contributed by atoms with Crippen LogP contribution in [0.25, 0.3) is 0 Å². The van der Waals surface area contributed by atoms with Gasteiger partial charge in [-0.3, -0.25) is 9.59 Å². The number of hydrogen-bond donors (Lipinski definition) is 2. The van der Waals surface area contributed by atoms with Gasteiger partial charge in [-0.2, -0.15) is 0 Å². The Morgan fingerprint density at radius 3 is 2.15 bits per heavy atom. The van der Waals surface area contributed by atoms with Crippen molar-refractivity contribution in [2.24, 2.45) is 5.92 Å². The third-order valence-electron chi connectivity index (χ3n) is 5.31. The first-order chi connectivity index (χ1) is 15.6. The van der Waals surface area contributed by atoms with Crippen LogP contribution in [0.15, 0.2) is 24.3 Å². The zero-order valence-electron chi connectivity index (χ0n) is 22.7. The summed E-state index contributed by atoms with van der Waals surface area (Å²) >= 11 is 0. The van der Waals surface area contributed by atoms with Gasteiger partial charge in [0, 0.05) is 12.1 Å². The summed E-state index contributed by atoms with van der Waals surface area (Å²) in [6.45, 7) is 19.3. The molecule has 0 saturated heterocycles. The highest BCUT2D eigenvalue weighted by atomic mass is 16.6. The lowest BCUT2D eigenvalue weighted by atomic mass is 9.95. The molecule has 1 rings (SSSR count). The molecule has 0 saturated carbocycles. The molecular weight excluding hydrogens is 430 g/mol. The SMILES string of the molecule is CCCN(C(=O)C(NC(=O)OC(C)(C)C)C(C)CC)C(C(=O)NC(C)(C)C)c1cccc(C)c1. The van der Waals surface area contributed by atoms with Gasteiger partial charge in [0.2, 0.25) is 11.8 Å². The number of nitrogens with one attached hydrogen (secondary N) is 2. The summed E-state index contributed by atoms with van der Waals surface area (Å²) in [4.78, 5) is 41.7. The Hall–Kier alpha value is -2.57. The Kier molecular flexibility index (Phi) is 10.6. The summed E-state index contributed by atoms with van der Waals surface area (Å²) in [6, 6.07) is 6.01. The molecule has 1 aromatic carbocycles. The lowest BCUT2D eigenvalue weighted by Crippen LogP contribution is -2.56. The molecule has 3 amide bonds. The number of benzene rings is 1. The first-order valence-corrected chi connectivity index (χ1v) is 12.3. The molecule has 3 unspecified atom stereocenters. The number of aryl methyl sites for hydroxylation is 1. The third-order valence-corrected chi connectivity index (χ3v) is 5.31. The number of hydrogen-bond acceptors (Lipinski definition) is 4. The third kappa shape index (κ3) is 9.35. The fourth-order valence-corrected chi connectivity index (χ4v) is 3.65. The van der Waals surface area contributed by atoms with Crippen LogP contribution in [0.4, 0.5) is 4.79 Å². The number of alkyl carbamates (subject to hydrolysis) is 1. The molecule has 192 valence electrons. The van der Waals surface area contributed by atoms with E-state index >= 15 is 0 Å². The molecule has 7 nitrogen and oxygen atoms in total. The predicted molar refractivity (Wildman–Crippen MR) is 136 cm³/mol. The van der Waals surface area contributed by atoms with E-state index in [1.165, 1.54) is 0 Å². The van der Waals surface area contributed by atoms with E-state index in [0.29, 0.717) is 19.4 Å². The normalized spacial score (nSPS) is 14.5. The van der Waals surface area contributed by atoms with Gasteiger partial charge >= 0.3 is 6.09 Å². The minimum Gasteiger partial charge on any atom is -0.444 e. The molecule has 0 heterocycles. The van der Waals surface area contributed by atoms with Gasteiger partial charge in [0.15, 0.2) is 0 Å². The smallest absolute Gasteiger partial charge is 0.408 e. The topological polar surface area (TPSA) is 87.7 Å². The van der Waals surface area contributed by atoms with Crippen molar-refractivity contribution in [2.75, 3.05) is 6.54 Å². The van der Waals surface area contributed by atoms with Crippen LogP contribution in [0, 0.1) is 12.8 Å². The van der Waals surface area contributed by atoms with Crippen LogP contribution in [-0.2, 0) is 14.3 Å². The predicted octanol–water partition coefficient (Wildman–Crippen LogP) is 5.13. The first kappa shape index (κ1) is 29.5. The molecule has 0 radical (unpaired) electrons. The second-order valence-corrected chi connectivity index (χ2v) is 11.1. The Morgan fingerprint density at radius 1 is 1.06 bits per heavy atom. The van der Waals surface area contributed by atoms with Gasteiger partial charge in [0.1, 0.15) is 17.7 Å². The van der Waals surface area contributed by atoms with Crippen LogP contribution in [0.2, 0.25) is 0 Å². The zero-order chi connectivity index (χ0) is 26.3. The first-order valence-electron chi connectivity index (χ1n) is 12.3. The summed E-state index contributed by atoms with van der Waals surface area (Å²) < 4.78 is 5.43. The molecule has 7 heteroatoms. The molecule has 34 heavy (non-hydrogen) atoms. The molecule has 1 aromatic rings. The highest BCUT2D eigenvalue weighted by Gasteiger charge is 2.38. The van der Waals surface area contributed by atoms with Crippen LogP contribution in [0.1, 0.15) is 92.3 Å². The molecule has 0 aliphatic rings. The van der Waals surface area contributed by atoms with Crippen LogP contribution in [0.5, 0.6) is 0 Å². The monoisotopic (exact) mass is 475 g/mol. The van der Waals surface area contributed by atoms with Crippen LogP contribution in [-0.4, -0.2) is 46.5 Å². The maximum atomic E-state index is 14.0. The Bertz CT molecular complexity index is 839. The summed E-state index contributed by atoms with van der Waals surface area (Å²) in [7, 11) is 0. The van der Waals surface area contributed by atoms with E-state index < -0.39 is 29.3 Å². The highest BCUT2D eigenvalue weighted by Crippen LogP contribution is 2.26. The van der Waals surface area contributed by atoms with Crippen molar-refractivity contribution in [3.05, 3.63) is 35.4 Å². The van der Waals surface area contributed by atoms with E-state index in [1.807, 2.05) is 72.7 Å². The Morgan fingerprint density at radius 2 is 1.68 bits per heavy atom. The molecule has 2 N–H and O–H groups in total. The van der Waals surface area contributed by atoms with E-state index in [1.54, 1.807) is 25.7 Å². The maximum Gasteiger partial charge on any atom is 0.408 e. The van der Waals surface area contributed by atoms with Crippen molar-refractivity contribution in [1.29, 1.82) is 0 Å². The van der Waals surface area contributed by atoms with Crippen LogP contribution >= 0.6 is 0 Å². The Labute approximate surface area is 206 Å². The average Bonchev–Trinajstić information content (AvgIpc) is 2.68. The fraction of sp³-hybridized carbons (Fsp3) is 0.667. The molecule has 0 fully saturated rings. The molecule has 0 aromatic heterocycles. The van der Waals surface area contributed by atoms with Crippen molar-refractivity contribution in [1.82, 2.24) is 15.5 Å². The van der Waals surface area contributed by atoms with E-state index in [-0.39, 0.29) is 17.7 Å². The summed E-state index contributed by atoms with van der Waals surface area (Å²) in [5, 5.41) is 5.82. The molecule has 0 spiro atoms. The molecule has 0 aliphatic carbocycles. The number of rotatable bonds is 9. The van der Waals surface area contributed by atoms with Crippen molar-refractivity contribution >= 4 is 17.9 Å². The quantitative estimate of drug-likeness (QED) is 0.518. The van der Waals surface area contributed by atoms with Crippen molar-refractivity contribution in [3.8, 4) is 0 Å². The van der Waals surface area contributed by atoms with Crippen molar-refractivity contribution in [2.45, 2.75) is 105 Å². The maximum absolute atomic E-state index is 14.0. The second kappa shape index (κ2) is 12.2. The lowest BCUT2D eigenvalue weighted by molar-refractivity contribution is -0.144. The van der Waals surface area contributed by atoms with Crippen molar-refractivity contribution in [3.63, 3.8) is 0 Å². The van der Waals surface area contributed by atoms with E-state index in [4.69, 9.17) is 4.74 Å². The largest absolute Gasteiger partial charge is 0.444 e. The highest BCUT2D eigenvalue weighted by molar-refractivity contribution is 5.92. The van der Waals surface area contributed by atoms with Gasteiger partial charge in [-0.05, 0) is 66.4 Å². The van der Waals surface area contributed by atoms with Crippen molar-refractivity contribution < 1.29 is 19.1 Å². The van der Waals surface area contributed by atoms with E-state index in [2.05, 4.69) is 10.6 Å². The van der Waals surface area contributed by atoms with Crippen LogP contribution < -0.4 is 10.6 Å². The summed E-state index contributed by atoms with van der Waals surface area (Å²) in [5.74, 6) is -0.694. The molecule has 0 bridgehead atoms. The number of carbonyl (C=O) groups excluding carboxylic acids is 3. The number of ether oxygens (including phenoxy) is 1. The van der Waals surface area contributed by atoms with Gasteiger partial charge in [-0.15, -0.1) is 0 Å². The number of nitrogens with zero attached hydrogens (tertiary/aromatic N) is 1. The number of amides is 3. The standard InChI is InChI=1S/C27H45N3O4/c1-11-16-30(24(32)21(19(4)12-2)28-25(33)34-27(8,9)10)22(23(31)29-26(5,6)7)20-15-13-14-18(3)17-20/h13-15,17,19,21-22H,11-12,16H2,1-10H3,(H,28,33)(H,29,31). The van der Waals surface area contributed by atoms with Gasteiger partial charge in [0.05, 0.1) is 0 Å². The summed E-state index contributed by atoms with van der Waals surface area (Å²) in [5.41, 5.74) is 0.585. The van der Waals surface area contributed by atoms with Gasteiger partial charge in [-0.25, -0.2) is 4.79 Å². The molecule has 3 atom stereocenters. The fourth-order valence-electron chi connectivity index (χ4n) is 3.65. The minimum atomic E-state index is -0.821. The zero-order valence-corrected chi connectivity index (χ0v) is 22.7. The van der Waals surface area contributed by atoms with E-state index in [9.17, 15) is 14.4 Å².